The lowest BCUT2D eigenvalue weighted by Crippen LogP contribution is -2.40. The summed E-state index contributed by atoms with van der Waals surface area (Å²) in [5.41, 5.74) is -0.432. The Morgan fingerprint density at radius 3 is 2.57 bits per heavy atom. The van der Waals surface area contributed by atoms with Gasteiger partial charge in [0.1, 0.15) is 0 Å². The molecule has 0 atom stereocenters. The molecule has 2 aliphatic rings. The summed E-state index contributed by atoms with van der Waals surface area (Å²) in [6.07, 6.45) is 3.68. The molecule has 80 valence electrons. The van der Waals surface area contributed by atoms with Gasteiger partial charge in [0.25, 0.3) is 0 Å². The average Bonchev–Trinajstić information content (AvgIpc) is 2.97. The lowest BCUT2D eigenvalue weighted by molar-refractivity contribution is -0.143. The normalized spacial score (nSPS) is 26.0. The maximum Gasteiger partial charge on any atom is 0.310 e. The number of carboxylic acids is 1. The molecule has 0 aromatic heterocycles. The molecule has 14 heavy (non-hydrogen) atoms. The number of hydrogen-bond acceptors (Lipinski definition) is 3. The molecule has 0 aromatic rings. The van der Waals surface area contributed by atoms with Crippen molar-refractivity contribution in [3.05, 3.63) is 0 Å². The fourth-order valence-electron chi connectivity index (χ4n) is 1.86. The summed E-state index contributed by atoms with van der Waals surface area (Å²) in [6.45, 7) is 2.24. The van der Waals surface area contributed by atoms with Crippen LogP contribution >= 0.6 is 0 Å². The van der Waals surface area contributed by atoms with Crippen LogP contribution in [-0.2, 0) is 9.53 Å². The molecule has 0 spiro atoms. The van der Waals surface area contributed by atoms with E-state index in [1.807, 2.05) is 0 Å². The summed E-state index contributed by atoms with van der Waals surface area (Å²) in [7, 11) is 0. The van der Waals surface area contributed by atoms with Gasteiger partial charge in [0, 0.05) is 25.8 Å². The lowest BCUT2D eigenvalue weighted by atomic mass is 10.1. The summed E-state index contributed by atoms with van der Waals surface area (Å²) in [6, 6.07) is 0.459. The Bertz CT molecular complexity index is 219. The first-order valence-corrected chi connectivity index (χ1v) is 5.27. The Balaban J connectivity index is 1.73. The number of ether oxygens (including phenoxy) is 1. The maximum absolute atomic E-state index is 10.9. The van der Waals surface area contributed by atoms with Crippen LogP contribution in [0.3, 0.4) is 0 Å². The van der Waals surface area contributed by atoms with Crippen LogP contribution in [0.5, 0.6) is 0 Å². The van der Waals surface area contributed by atoms with E-state index in [2.05, 4.69) is 5.32 Å². The summed E-state index contributed by atoms with van der Waals surface area (Å²) in [5, 5.41) is 12.3. The van der Waals surface area contributed by atoms with E-state index in [1.54, 1.807) is 0 Å². The standard InChI is InChI=1S/C10H17NO3/c12-9(13)10(3-4-10)7-11-8-1-5-14-6-2-8/h8,11H,1-7H2,(H,12,13). The van der Waals surface area contributed by atoms with Gasteiger partial charge in [-0.2, -0.15) is 0 Å². The summed E-state index contributed by atoms with van der Waals surface area (Å²) in [4.78, 5) is 10.9. The number of nitrogens with one attached hydrogen (secondary N) is 1. The van der Waals surface area contributed by atoms with Crippen LogP contribution in [0.25, 0.3) is 0 Å². The quantitative estimate of drug-likeness (QED) is 0.697. The number of hydrogen-bond donors (Lipinski definition) is 2. The highest BCUT2D eigenvalue weighted by molar-refractivity contribution is 5.78. The zero-order valence-electron chi connectivity index (χ0n) is 8.29. The van der Waals surface area contributed by atoms with Crippen LogP contribution in [-0.4, -0.2) is 36.9 Å². The van der Waals surface area contributed by atoms with Crippen LogP contribution in [0.15, 0.2) is 0 Å². The van der Waals surface area contributed by atoms with Gasteiger partial charge in [-0.1, -0.05) is 0 Å². The minimum absolute atomic E-state index is 0.432. The zero-order chi connectivity index (χ0) is 10.0. The number of carboxylic acid groups (broad SMARTS) is 1. The van der Waals surface area contributed by atoms with Crippen molar-refractivity contribution in [1.82, 2.24) is 5.32 Å². The van der Waals surface area contributed by atoms with Crippen molar-refractivity contribution in [1.29, 1.82) is 0 Å². The molecule has 1 heterocycles. The lowest BCUT2D eigenvalue weighted by Gasteiger charge is -2.24. The van der Waals surface area contributed by atoms with Crippen molar-refractivity contribution in [2.45, 2.75) is 31.7 Å². The molecule has 4 nitrogen and oxygen atoms in total. The predicted octanol–water partition coefficient (Wildman–Crippen LogP) is 0.620. The minimum atomic E-state index is -0.642. The van der Waals surface area contributed by atoms with Crippen LogP contribution in [0, 0.1) is 5.41 Å². The van der Waals surface area contributed by atoms with Crippen molar-refractivity contribution >= 4 is 5.97 Å². The molecule has 1 aliphatic heterocycles. The third-order valence-electron chi connectivity index (χ3n) is 3.26. The Hall–Kier alpha value is -0.610. The number of carbonyl (C=O) groups is 1. The summed E-state index contributed by atoms with van der Waals surface area (Å²) < 4.78 is 5.24. The van der Waals surface area contributed by atoms with E-state index in [4.69, 9.17) is 9.84 Å². The summed E-state index contributed by atoms with van der Waals surface area (Å²) >= 11 is 0. The van der Waals surface area contributed by atoms with Crippen molar-refractivity contribution in [3.8, 4) is 0 Å². The van der Waals surface area contributed by atoms with Crippen molar-refractivity contribution in [2.24, 2.45) is 5.41 Å². The van der Waals surface area contributed by atoms with E-state index in [1.165, 1.54) is 0 Å². The third kappa shape index (κ3) is 2.07. The van der Waals surface area contributed by atoms with Gasteiger partial charge in [-0.3, -0.25) is 4.79 Å². The van der Waals surface area contributed by atoms with Gasteiger partial charge in [-0.15, -0.1) is 0 Å². The van der Waals surface area contributed by atoms with Crippen molar-refractivity contribution in [2.75, 3.05) is 19.8 Å². The fourth-order valence-corrected chi connectivity index (χ4v) is 1.86. The van der Waals surface area contributed by atoms with Gasteiger partial charge >= 0.3 is 5.97 Å². The van der Waals surface area contributed by atoms with Gasteiger partial charge in [0.2, 0.25) is 0 Å². The summed E-state index contributed by atoms with van der Waals surface area (Å²) in [5.74, 6) is -0.642. The van der Waals surface area contributed by atoms with Gasteiger partial charge in [-0.25, -0.2) is 0 Å². The largest absolute Gasteiger partial charge is 0.481 e. The van der Waals surface area contributed by atoms with E-state index in [0.29, 0.717) is 12.6 Å². The first-order valence-electron chi connectivity index (χ1n) is 5.27. The van der Waals surface area contributed by atoms with E-state index < -0.39 is 11.4 Å². The van der Waals surface area contributed by atoms with Crippen LogP contribution in [0.4, 0.5) is 0 Å². The van der Waals surface area contributed by atoms with Crippen LogP contribution in [0.1, 0.15) is 25.7 Å². The second-order valence-corrected chi connectivity index (χ2v) is 4.35. The fraction of sp³-hybridized carbons (Fsp3) is 0.900. The van der Waals surface area contributed by atoms with Crippen LogP contribution < -0.4 is 5.32 Å². The molecule has 4 heteroatoms. The van der Waals surface area contributed by atoms with Crippen LogP contribution in [0.2, 0.25) is 0 Å². The van der Waals surface area contributed by atoms with E-state index in [-0.39, 0.29) is 0 Å². The predicted molar refractivity (Wildman–Crippen MR) is 51.1 cm³/mol. The highest BCUT2D eigenvalue weighted by Gasteiger charge is 2.50. The van der Waals surface area contributed by atoms with Gasteiger partial charge in [0.15, 0.2) is 0 Å². The molecular weight excluding hydrogens is 182 g/mol. The second-order valence-electron chi connectivity index (χ2n) is 4.35. The molecule has 0 aromatic carbocycles. The van der Waals surface area contributed by atoms with E-state index >= 15 is 0 Å². The Kier molecular flexibility index (Phi) is 2.74. The molecule has 2 rings (SSSR count). The molecule has 0 unspecified atom stereocenters. The molecule has 2 N–H and O–H groups in total. The number of rotatable bonds is 4. The zero-order valence-corrected chi connectivity index (χ0v) is 8.29. The monoisotopic (exact) mass is 199 g/mol. The van der Waals surface area contributed by atoms with E-state index in [9.17, 15) is 4.79 Å². The second kappa shape index (κ2) is 3.87. The molecule has 0 bridgehead atoms. The maximum atomic E-state index is 10.9. The molecule has 0 radical (unpaired) electrons. The topological polar surface area (TPSA) is 58.6 Å². The number of aliphatic carboxylic acids is 1. The Labute approximate surface area is 83.6 Å². The highest BCUT2D eigenvalue weighted by Crippen LogP contribution is 2.45. The van der Waals surface area contributed by atoms with Gasteiger partial charge in [0.05, 0.1) is 5.41 Å². The minimum Gasteiger partial charge on any atom is -0.481 e. The molecular formula is C10H17NO3. The first-order chi connectivity index (χ1) is 6.73. The highest BCUT2D eigenvalue weighted by atomic mass is 16.5. The van der Waals surface area contributed by atoms with Gasteiger partial charge in [-0.05, 0) is 25.7 Å². The molecule has 0 amide bonds. The third-order valence-corrected chi connectivity index (χ3v) is 3.26. The Morgan fingerprint density at radius 2 is 2.07 bits per heavy atom. The average molecular weight is 199 g/mol. The molecule has 1 aliphatic carbocycles. The van der Waals surface area contributed by atoms with Crippen molar-refractivity contribution < 1.29 is 14.6 Å². The SMILES string of the molecule is O=C(O)C1(CNC2CCOCC2)CC1. The van der Waals surface area contributed by atoms with E-state index in [0.717, 1.165) is 38.9 Å². The van der Waals surface area contributed by atoms with Gasteiger partial charge < -0.3 is 15.2 Å². The molecule has 1 saturated heterocycles. The van der Waals surface area contributed by atoms with Crippen molar-refractivity contribution in [3.63, 3.8) is 0 Å². The first kappa shape index (κ1) is 9.93. The Morgan fingerprint density at radius 1 is 1.43 bits per heavy atom. The smallest absolute Gasteiger partial charge is 0.310 e. The molecule has 1 saturated carbocycles. The molecule has 2 fully saturated rings.